The van der Waals surface area contributed by atoms with Gasteiger partial charge in [-0.05, 0) is 38.8 Å². The number of nitrogens with zero attached hydrogens (tertiary/aromatic N) is 3. The minimum absolute atomic E-state index is 0.0501. The average Bonchev–Trinajstić information content (AvgIpc) is 2.47. The van der Waals surface area contributed by atoms with Gasteiger partial charge in [0.2, 0.25) is 5.28 Å². The summed E-state index contributed by atoms with van der Waals surface area (Å²) in [5.74, 6) is -1.30. The number of carbonyl (C=O) groups excluding carboxylic acids is 1. The molecule has 1 aliphatic rings. The number of carboxylic acids is 1. The molecule has 0 radical (unpaired) electrons. The normalized spacial score (nSPS) is 20.9. The minimum Gasteiger partial charge on any atom is -0.477 e. The highest BCUT2D eigenvalue weighted by molar-refractivity contribution is 6.28. The summed E-state index contributed by atoms with van der Waals surface area (Å²) >= 11 is 5.68. The number of aromatic nitrogens is 2. The molecule has 8 nitrogen and oxygen atoms in total. The van der Waals surface area contributed by atoms with Crippen molar-refractivity contribution >= 4 is 29.5 Å². The molecule has 1 aliphatic heterocycles. The molecule has 0 saturated carbocycles. The van der Waals surface area contributed by atoms with Crippen LogP contribution in [-0.4, -0.2) is 62.9 Å². The van der Waals surface area contributed by atoms with Gasteiger partial charge in [-0.15, -0.1) is 0 Å². The lowest BCUT2D eigenvalue weighted by atomic mass is 10.0. The summed E-state index contributed by atoms with van der Waals surface area (Å²) in [4.78, 5) is 31.9. The van der Waals surface area contributed by atoms with Crippen LogP contribution in [0.2, 0.25) is 5.28 Å². The molecule has 2 atom stereocenters. The molecule has 2 heterocycles. The number of alkyl halides is 1. The Kier molecular flexibility index (Phi) is 5.66. The average molecular weight is 375 g/mol. The Morgan fingerprint density at radius 3 is 2.72 bits per heavy atom. The van der Waals surface area contributed by atoms with Crippen molar-refractivity contribution in [3.8, 4) is 0 Å². The van der Waals surface area contributed by atoms with Crippen molar-refractivity contribution in [2.45, 2.75) is 45.0 Å². The Labute approximate surface area is 149 Å². The smallest absolute Gasteiger partial charge is 0.410 e. The summed E-state index contributed by atoms with van der Waals surface area (Å²) in [5.41, 5.74) is -0.863. The van der Waals surface area contributed by atoms with E-state index in [1.807, 2.05) is 0 Å². The molecule has 1 amide bonds. The van der Waals surface area contributed by atoms with Crippen LogP contribution in [0.15, 0.2) is 6.20 Å². The van der Waals surface area contributed by atoms with Crippen LogP contribution in [0.1, 0.15) is 37.6 Å². The quantitative estimate of drug-likeness (QED) is 0.783. The molecule has 0 unspecified atom stereocenters. The van der Waals surface area contributed by atoms with Gasteiger partial charge in [-0.2, -0.15) is 4.98 Å². The van der Waals surface area contributed by atoms with Gasteiger partial charge in [-0.25, -0.2) is 19.0 Å². The zero-order valence-corrected chi connectivity index (χ0v) is 14.9. The number of halogens is 2. The third-order valence-electron chi connectivity index (χ3n) is 3.51. The van der Waals surface area contributed by atoms with E-state index >= 15 is 0 Å². The van der Waals surface area contributed by atoms with E-state index in [1.54, 1.807) is 20.8 Å². The Hall–Kier alpha value is -2.16. The second-order valence-electron chi connectivity index (χ2n) is 6.69. The summed E-state index contributed by atoms with van der Waals surface area (Å²) in [6, 6.07) is -0.706. The number of ether oxygens (including phenoxy) is 1. The highest BCUT2D eigenvalue weighted by Gasteiger charge is 2.34. The number of carboxylic acid groups (broad SMARTS) is 1. The summed E-state index contributed by atoms with van der Waals surface area (Å²) in [6.45, 7) is 5.32. The topological polar surface area (TPSA) is 105 Å². The zero-order chi connectivity index (χ0) is 18.8. The van der Waals surface area contributed by atoms with Crippen LogP contribution >= 0.6 is 11.6 Å². The molecule has 0 spiro atoms. The van der Waals surface area contributed by atoms with Crippen molar-refractivity contribution in [3.63, 3.8) is 0 Å². The van der Waals surface area contributed by atoms with Crippen molar-refractivity contribution in [2.24, 2.45) is 0 Å². The molecular weight excluding hydrogens is 355 g/mol. The lowest BCUT2D eigenvalue weighted by Gasteiger charge is -2.36. The Morgan fingerprint density at radius 2 is 2.16 bits per heavy atom. The van der Waals surface area contributed by atoms with E-state index in [4.69, 9.17) is 21.4 Å². The van der Waals surface area contributed by atoms with Crippen LogP contribution in [0.5, 0.6) is 0 Å². The lowest BCUT2D eigenvalue weighted by Crippen LogP contribution is -2.51. The number of hydrogen-bond donors (Lipinski definition) is 2. The fraction of sp³-hybridized carbons (Fsp3) is 0.600. The number of likely N-dealkylation sites (tertiary alicyclic amines) is 1. The van der Waals surface area contributed by atoms with E-state index in [0.29, 0.717) is 0 Å². The summed E-state index contributed by atoms with van der Waals surface area (Å²) in [7, 11) is 0. The number of nitrogens with one attached hydrogen (secondary N) is 1. The van der Waals surface area contributed by atoms with E-state index < -0.39 is 29.9 Å². The van der Waals surface area contributed by atoms with Gasteiger partial charge in [0.1, 0.15) is 23.2 Å². The monoisotopic (exact) mass is 374 g/mol. The maximum atomic E-state index is 14.5. The standard InChI is InChI=1S/C15H20ClFN4O4/c1-15(2,3)25-14(24)21-5-4-10(9(17)7-21)19-11-8(12(22)23)6-18-13(16)20-11/h6,9-10H,4-5,7H2,1-3H3,(H,22,23)(H,18,19,20)/t9-,10-/m1/s1. The van der Waals surface area contributed by atoms with Gasteiger partial charge in [0.25, 0.3) is 0 Å². The van der Waals surface area contributed by atoms with Crippen LogP contribution in [0, 0.1) is 0 Å². The number of carbonyl (C=O) groups is 2. The van der Waals surface area contributed by atoms with Crippen LogP contribution in [-0.2, 0) is 4.74 Å². The predicted octanol–water partition coefficient (Wildman–Crippen LogP) is 2.59. The second-order valence-corrected chi connectivity index (χ2v) is 7.03. The number of hydrogen-bond acceptors (Lipinski definition) is 6. The van der Waals surface area contributed by atoms with Gasteiger partial charge >= 0.3 is 12.1 Å². The molecule has 0 aromatic carbocycles. The first kappa shape index (κ1) is 19.2. The molecule has 1 fully saturated rings. The third kappa shape index (κ3) is 5.15. The molecule has 0 aliphatic carbocycles. The van der Waals surface area contributed by atoms with Crippen molar-refractivity contribution in [3.05, 3.63) is 17.0 Å². The highest BCUT2D eigenvalue weighted by Crippen LogP contribution is 2.23. The third-order valence-corrected chi connectivity index (χ3v) is 3.69. The van der Waals surface area contributed by atoms with Gasteiger partial charge in [0.05, 0.1) is 12.6 Å². The molecule has 1 aromatic heterocycles. The van der Waals surface area contributed by atoms with Crippen molar-refractivity contribution in [2.75, 3.05) is 18.4 Å². The maximum Gasteiger partial charge on any atom is 0.410 e. The SMILES string of the molecule is CC(C)(C)OC(=O)N1CC[C@@H](Nc2nc(Cl)ncc2C(=O)O)[C@H](F)C1. The fourth-order valence-corrected chi connectivity index (χ4v) is 2.50. The Bertz CT molecular complexity index is 667. The Morgan fingerprint density at radius 1 is 1.48 bits per heavy atom. The van der Waals surface area contributed by atoms with E-state index in [9.17, 15) is 14.0 Å². The maximum absolute atomic E-state index is 14.5. The van der Waals surface area contributed by atoms with E-state index in [1.165, 1.54) is 4.90 Å². The zero-order valence-electron chi connectivity index (χ0n) is 14.1. The van der Waals surface area contributed by atoms with E-state index in [-0.39, 0.29) is 36.2 Å². The first-order chi connectivity index (χ1) is 11.6. The number of amides is 1. The molecule has 2 N–H and O–H groups in total. The van der Waals surface area contributed by atoms with Crippen LogP contribution < -0.4 is 5.32 Å². The molecule has 2 rings (SSSR count). The van der Waals surface area contributed by atoms with E-state index in [2.05, 4.69) is 15.3 Å². The van der Waals surface area contributed by atoms with Gasteiger partial charge in [0.15, 0.2) is 0 Å². The Balaban J connectivity index is 2.04. The van der Waals surface area contributed by atoms with Gasteiger partial charge in [-0.1, -0.05) is 0 Å². The number of anilines is 1. The summed E-state index contributed by atoms with van der Waals surface area (Å²) in [6.07, 6.45) is -0.675. The number of piperidine rings is 1. The number of aromatic carboxylic acids is 1. The van der Waals surface area contributed by atoms with Gasteiger partial charge < -0.3 is 20.1 Å². The van der Waals surface area contributed by atoms with Crippen LogP contribution in [0.4, 0.5) is 15.0 Å². The van der Waals surface area contributed by atoms with E-state index in [0.717, 1.165) is 6.20 Å². The molecular formula is C15H20ClFN4O4. The minimum atomic E-state index is -1.42. The first-order valence-corrected chi connectivity index (χ1v) is 8.09. The predicted molar refractivity (Wildman–Crippen MR) is 88.7 cm³/mol. The fourth-order valence-electron chi connectivity index (χ4n) is 2.36. The van der Waals surface area contributed by atoms with Crippen molar-refractivity contribution in [1.29, 1.82) is 0 Å². The molecule has 25 heavy (non-hydrogen) atoms. The first-order valence-electron chi connectivity index (χ1n) is 7.71. The van der Waals surface area contributed by atoms with Gasteiger partial charge in [-0.3, -0.25) is 0 Å². The summed E-state index contributed by atoms with van der Waals surface area (Å²) < 4.78 is 19.7. The molecule has 1 aromatic rings. The molecule has 1 saturated heterocycles. The number of rotatable bonds is 3. The van der Waals surface area contributed by atoms with Gasteiger partial charge in [0, 0.05) is 12.7 Å². The molecule has 10 heteroatoms. The molecule has 138 valence electrons. The van der Waals surface area contributed by atoms with Crippen LogP contribution in [0.3, 0.4) is 0 Å². The molecule has 0 bridgehead atoms. The second kappa shape index (κ2) is 7.38. The summed E-state index contributed by atoms with van der Waals surface area (Å²) in [5, 5.41) is 11.8. The highest BCUT2D eigenvalue weighted by atomic mass is 35.5. The van der Waals surface area contributed by atoms with Crippen molar-refractivity contribution in [1.82, 2.24) is 14.9 Å². The lowest BCUT2D eigenvalue weighted by molar-refractivity contribution is 0.0125. The largest absolute Gasteiger partial charge is 0.477 e. The van der Waals surface area contributed by atoms with Crippen molar-refractivity contribution < 1.29 is 23.8 Å². The van der Waals surface area contributed by atoms with Crippen LogP contribution in [0.25, 0.3) is 0 Å².